The lowest BCUT2D eigenvalue weighted by Crippen LogP contribution is -2.02. The average Bonchev–Trinajstić information content (AvgIpc) is 2.68. The van der Waals surface area contributed by atoms with Gasteiger partial charge in [-0.15, -0.1) is 0 Å². The highest BCUT2D eigenvalue weighted by atomic mass is 16.4. The van der Waals surface area contributed by atoms with Crippen molar-refractivity contribution in [3.63, 3.8) is 0 Å². The molecule has 0 atom stereocenters. The number of unbranched alkanes of at least 4 members (excludes halogenated alkanes) is 1. The van der Waals surface area contributed by atoms with E-state index in [2.05, 4.69) is 48.5 Å². The lowest BCUT2D eigenvalue weighted by Gasteiger charge is -2.18. The summed E-state index contributed by atoms with van der Waals surface area (Å²) in [6.45, 7) is 0.0906. The number of carbonyl (C=O) groups is 1. The van der Waals surface area contributed by atoms with E-state index in [1.54, 1.807) is 11.1 Å². The Balaban J connectivity index is 0.000000211. The predicted molar refractivity (Wildman–Crippen MR) is 107 cm³/mol. The van der Waals surface area contributed by atoms with Gasteiger partial charge in [-0.05, 0) is 71.2 Å². The molecule has 0 bridgehead atoms. The van der Waals surface area contributed by atoms with Gasteiger partial charge >= 0.3 is 5.97 Å². The lowest BCUT2D eigenvalue weighted by atomic mass is 9.86. The Kier molecular flexibility index (Phi) is 6.24. The summed E-state index contributed by atoms with van der Waals surface area (Å²) in [6, 6.07) is 18.0. The highest BCUT2D eigenvalue weighted by Crippen LogP contribution is 2.33. The molecule has 0 spiro atoms. The van der Waals surface area contributed by atoms with Crippen molar-refractivity contribution in [2.24, 2.45) is 0 Å². The van der Waals surface area contributed by atoms with Crippen LogP contribution in [0.3, 0.4) is 0 Å². The summed E-state index contributed by atoms with van der Waals surface area (Å²) in [6.07, 6.45) is 6.55. The van der Waals surface area contributed by atoms with Gasteiger partial charge in [-0.2, -0.15) is 0 Å². The van der Waals surface area contributed by atoms with Crippen molar-refractivity contribution in [3.8, 4) is 0 Å². The molecule has 4 rings (SSSR count). The van der Waals surface area contributed by atoms with Crippen LogP contribution in [0.1, 0.15) is 43.2 Å². The highest BCUT2D eigenvalue weighted by molar-refractivity contribution is 6.08. The molecule has 3 heteroatoms. The summed E-state index contributed by atoms with van der Waals surface area (Å²) in [7, 11) is 0. The van der Waals surface area contributed by atoms with Crippen LogP contribution >= 0.6 is 0 Å². The Morgan fingerprint density at radius 1 is 0.846 bits per heavy atom. The van der Waals surface area contributed by atoms with Gasteiger partial charge in [0.05, 0.1) is 0 Å². The summed E-state index contributed by atoms with van der Waals surface area (Å²) in [5.74, 6) is -0.793. The zero-order valence-corrected chi connectivity index (χ0v) is 15.1. The molecule has 0 radical (unpaired) electrons. The molecular weight excluding hydrogens is 324 g/mol. The number of carboxylic acids is 1. The van der Waals surface area contributed by atoms with Crippen LogP contribution in [-0.2, 0) is 17.6 Å². The molecule has 0 saturated carbocycles. The minimum atomic E-state index is -0.793. The molecule has 0 aliphatic heterocycles. The quantitative estimate of drug-likeness (QED) is 0.508. The second kappa shape index (κ2) is 8.81. The average molecular weight is 350 g/mol. The number of hydrogen-bond donors (Lipinski definition) is 2. The third-order valence-corrected chi connectivity index (χ3v) is 5.06. The van der Waals surface area contributed by atoms with E-state index in [4.69, 9.17) is 10.2 Å². The molecule has 3 nitrogen and oxygen atoms in total. The second-order valence-electron chi connectivity index (χ2n) is 6.87. The summed E-state index contributed by atoms with van der Waals surface area (Å²) in [5.41, 5.74) is 3.17. The number of hydrogen-bond acceptors (Lipinski definition) is 2. The monoisotopic (exact) mass is 350 g/mol. The van der Waals surface area contributed by atoms with Gasteiger partial charge in [0.25, 0.3) is 0 Å². The molecule has 3 aromatic carbocycles. The van der Waals surface area contributed by atoms with Crippen LogP contribution in [0.4, 0.5) is 0 Å². The van der Waals surface area contributed by atoms with Gasteiger partial charge in [0.1, 0.15) is 0 Å². The van der Waals surface area contributed by atoms with E-state index < -0.39 is 5.97 Å². The Hall–Kier alpha value is -2.39. The summed E-state index contributed by atoms with van der Waals surface area (Å²) >= 11 is 0. The fourth-order valence-corrected chi connectivity index (χ4v) is 3.73. The first-order valence-corrected chi connectivity index (χ1v) is 9.45. The number of carboxylic acid groups (broad SMARTS) is 1. The van der Waals surface area contributed by atoms with Crippen molar-refractivity contribution in [2.45, 2.75) is 44.9 Å². The summed E-state index contributed by atoms with van der Waals surface area (Å²) in [4.78, 5) is 9.79. The lowest BCUT2D eigenvalue weighted by molar-refractivity contribution is -0.137. The molecule has 0 heterocycles. The molecule has 3 aromatic rings. The SMILES string of the molecule is O=C(O)CCCCO.c1ccc2c(c1)ccc1c3c(ccc12)CCCC3. The molecular formula is C23H26O3. The van der Waals surface area contributed by atoms with Crippen LogP contribution in [0, 0.1) is 0 Å². The first-order valence-electron chi connectivity index (χ1n) is 9.45. The Bertz CT molecular complexity index is 898. The Morgan fingerprint density at radius 3 is 2.42 bits per heavy atom. The van der Waals surface area contributed by atoms with Crippen LogP contribution in [0.5, 0.6) is 0 Å². The van der Waals surface area contributed by atoms with Crippen molar-refractivity contribution < 1.29 is 15.0 Å². The smallest absolute Gasteiger partial charge is 0.303 e. The Morgan fingerprint density at radius 2 is 1.62 bits per heavy atom. The summed E-state index contributed by atoms with van der Waals surface area (Å²) < 4.78 is 0. The van der Waals surface area contributed by atoms with E-state index in [-0.39, 0.29) is 13.0 Å². The molecule has 0 aromatic heterocycles. The van der Waals surface area contributed by atoms with E-state index in [0.29, 0.717) is 12.8 Å². The van der Waals surface area contributed by atoms with Gasteiger partial charge < -0.3 is 10.2 Å². The molecule has 0 unspecified atom stereocenters. The zero-order valence-electron chi connectivity index (χ0n) is 15.1. The van der Waals surface area contributed by atoms with Crippen molar-refractivity contribution in [1.29, 1.82) is 0 Å². The first-order chi connectivity index (χ1) is 12.7. The van der Waals surface area contributed by atoms with E-state index in [0.717, 1.165) is 0 Å². The molecule has 136 valence electrons. The minimum absolute atomic E-state index is 0.0906. The number of aliphatic carboxylic acids is 1. The van der Waals surface area contributed by atoms with Crippen molar-refractivity contribution in [3.05, 3.63) is 59.7 Å². The van der Waals surface area contributed by atoms with Crippen molar-refractivity contribution in [1.82, 2.24) is 0 Å². The van der Waals surface area contributed by atoms with Crippen LogP contribution in [0.2, 0.25) is 0 Å². The number of fused-ring (bicyclic) bond motifs is 5. The largest absolute Gasteiger partial charge is 0.481 e. The van der Waals surface area contributed by atoms with Gasteiger partial charge in [0.2, 0.25) is 0 Å². The van der Waals surface area contributed by atoms with Crippen LogP contribution < -0.4 is 0 Å². The number of aliphatic hydroxyl groups is 1. The van der Waals surface area contributed by atoms with E-state index >= 15 is 0 Å². The molecule has 1 aliphatic rings. The van der Waals surface area contributed by atoms with E-state index in [1.807, 2.05) is 0 Å². The van der Waals surface area contributed by atoms with Crippen LogP contribution in [-0.4, -0.2) is 22.8 Å². The van der Waals surface area contributed by atoms with E-state index in [9.17, 15) is 4.79 Å². The number of rotatable bonds is 4. The van der Waals surface area contributed by atoms with E-state index in [1.165, 1.54) is 47.2 Å². The van der Waals surface area contributed by atoms with Gasteiger partial charge in [0.15, 0.2) is 0 Å². The fraction of sp³-hybridized carbons (Fsp3) is 0.348. The van der Waals surface area contributed by atoms with Crippen molar-refractivity contribution in [2.75, 3.05) is 6.61 Å². The topological polar surface area (TPSA) is 57.5 Å². The van der Waals surface area contributed by atoms with Crippen LogP contribution in [0.25, 0.3) is 21.5 Å². The maximum Gasteiger partial charge on any atom is 0.303 e. The molecule has 26 heavy (non-hydrogen) atoms. The molecule has 0 amide bonds. The van der Waals surface area contributed by atoms with Gasteiger partial charge in [0, 0.05) is 13.0 Å². The third-order valence-electron chi connectivity index (χ3n) is 5.06. The summed E-state index contributed by atoms with van der Waals surface area (Å²) in [5, 5.41) is 21.9. The molecule has 0 fully saturated rings. The second-order valence-corrected chi connectivity index (χ2v) is 6.87. The predicted octanol–water partition coefficient (Wildman–Crippen LogP) is 5.11. The third kappa shape index (κ3) is 4.23. The number of benzene rings is 3. The number of aryl methyl sites for hydroxylation is 2. The maximum atomic E-state index is 9.79. The Labute approximate surface area is 154 Å². The molecule has 0 saturated heterocycles. The molecule has 1 aliphatic carbocycles. The van der Waals surface area contributed by atoms with Crippen LogP contribution in [0.15, 0.2) is 48.5 Å². The number of aliphatic hydroxyl groups excluding tert-OH is 1. The maximum absolute atomic E-state index is 9.79. The van der Waals surface area contributed by atoms with Crippen molar-refractivity contribution >= 4 is 27.5 Å². The first kappa shape index (κ1) is 18.4. The van der Waals surface area contributed by atoms with Gasteiger partial charge in [-0.1, -0.05) is 48.5 Å². The standard InChI is InChI=1S/C18H16.C5H10O3/c1-3-7-15-13(5-1)9-11-18-16-8-4-2-6-14(16)10-12-17(15)18;6-4-2-1-3-5(7)8/h1,3,5,7,9-12H,2,4,6,8H2;6H,1-4H2,(H,7,8). The van der Waals surface area contributed by atoms with Gasteiger partial charge in [-0.25, -0.2) is 0 Å². The molecule has 2 N–H and O–H groups in total. The minimum Gasteiger partial charge on any atom is -0.481 e. The fourth-order valence-electron chi connectivity index (χ4n) is 3.73. The van der Waals surface area contributed by atoms with Gasteiger partial charge in [-0.3, -0.25) is 4.79 Å². The normalized spacial score (nSPS) is 13.1. The zero-order chi connectivity index (χ0) is 18.4. The highest BCUT2D eigenvalue weighted by Gasteiger charge is 2.13.